The number of halogens is 1. The molecule has 196 valence electrons. The number of sulfonamides is 1. The summed E-state index contributed by atoms with van der Waals surface area (Å²) in [6, 6.07) is 18.7. The highest BCUT2D eigenvalue weighted by atomic mass is 32.2. The molecule has 2 saturated heterocycles. The van der Waals surface area contributed by atoms with Crippen molar-refractivity contribution in [2.45, 2.75) is 56.5 Å². The molecule has 7 heteroatoms. The number of rotatable bonds is 5. The van der Waals surface area contributed by atoms with Crippen molar-refractivity contribution in [1.29, 1.82) is 0 Å². The van der Waals surface area contributed by atoms with Crippen LogP contribution in [0.25, 0.3) is 11.1 Å². The van der Waals surface area contributed by atoms with Crippen LogP contribution < -0.4 is 0 Å². The maximum atomic E-state index is 14.0. The smallest absolute Gasteiger partial charge is 0.243 e. The van der Waals surface area contributed by atoms with Crippen molar-refractivity contribution in [3.8, 4) is 11.1 Å². The van der Waals surface area contributed by atoms with Crippen LogP contribution in [-0.4, -0.2) is 61.1 Å². The fourth-order valence-electron chi connectivity index (χ4n) is 6.10. The molecule has 0 bridgehead atoms. The summed E-state index contributed by atoms with van der Waals surface area (Å²) in [5.41, 5.74) is 5.44. The molecule has 0 spiro atoms. The molecule has 0 saturated carbocycles. The lowest BCUT2D eigenvalue weighted by Gasteiger charge is -2.57. The first kappa shape index (κ1) is 26.0. The highest BCUT2D eigenvalue weighted by molar-refractivity contribution is 7.89. The van der Waals surface area contributed by atoms with Gasteiger partial charge in [-0.25, -0.2) is 12.8 Å². The third-order valence-corrected chi connectivity index (χ3v) is 10.4. The number of hydrogen-bond donors (Lipinski definition) is 1. The molecule has 3 aromatic carbocycles. The zero-order valence-corrected chi connectivity index (χ0v) is 22.5. The SMILES string of the molecule is Cc1ccccc1S(=O)(=O)N1CCCCN2C(C1)[C@H](c1ccc(-c3ccc(F)c(C)c3C)cc1)[C@H]2CO. The van der Waals surface area contributed by atoms with E-state index in [0.717, 1.165) is 47.2 Å². The van der Waals surface area contributed by atoms with Gasteiger partial charge in [0.1, 0.15) is 5.82 Å². The zero-order chi connectivity index (χ0) is 26.3. The molecule has 37 heavy (non-hydrogen) atoms. The Kier molecular flexibility index (Phi) is 7.24. The number of fused-ring (bicyclic) bond motifs is 1. The largest absolute Gasteiger partial charge is 0.395 e. The monoisotopic (exact) mass is 522 g/mol. The van der Waals surface area contributed by atoms with E-state index < -0.39 is 10.0 Å². The van der Waals surface area contributed by atoms with Crippen LogP contribution in [0.3, 0.4) is 0 Å². The molecule has 0 aromatic heterocycles. The van der Waals surface area contributed by atoms with Gasteiger partial charge >= 0.3 is 0 Å². The van der Waals surface area contributed by atoms with Gasteiger partial charge in [-0.15, -0.1) is 0 Å². The highest BCUT2D eigenvalue weighted by Crippen LogP contribution is 2.43. The second-order valence-electron chi connectivity index (χ2n) is 10.4. The molecule has 3 aromatic rings. The van der Waals surface area contributed by atoms with Gasteiger partial charge in [0.25, 0.3) is 0 Å². The molecule has 2 fully saturated rings. The highest BCUT2D eigenvalue weighted by Gasteiger charge is 2.50. The van der Waals surface area contributed by atoms with E-state index in [4.69, 9.17) is 0 Å². The summed E-state index contributed by atoms with van der Waals surface area (Å²) in [6.45, 7) is 7.35. The van der Waals surface area contributed by atoms with Crippen molar-refractivity contribution in [2.75, 3.05) is 26.2 Å². The average Bonchev–Trinajstić information content (AvgIpc) is 2.87. The zero-order valence-electron chi connectivity index (χ0n) is 21.7. The van der Waals surface area contributed by atoms with Gasteiger partial charge in [0.15, 0.2) is 0 Å². The van der Waals surface area contributed by atoms with Crippen LogP contribution in [0.2, 0.25) is 0 Å². The van der Waals surface area contributed by atoms with Crippen molar-refractivity contribution in [1.82, 2.24) is 9.21 Å². The van der Waals surface area contributed by atoms with Crippen molar-refractivity contribution in [3.05, 3.63) is 88.7 Å². The van der Waals surface area contributed by atoms with E-state index in [1.54, 1.807) is 23.4 Å². The van der Waals surface area contributed by atoms with Crippen molar-refractivity contribution in [2.24, 2.45) is 0 Å². The van der Waals surface area contributed by atoms with Gasteiger partial charge in [0, 0.05) is 31.1 Å². The van der Waals surface area contributed by atoms with Crippen molar-refractivity contribution >= 4 is 10.0 Å². The van der Waals surface area contributed by atoms with Crippen LogP contribution in [-0.2, 0) is 10.0 Å². The van der Waals surface area contributed by atoms with Crippen molar-refractivity contribution < 1.29 is 17.9 Å². The lowest BCUT2D eigenvalue weighted by molar-refractivity contribution is -0.0553. The minimum Gasteiger partial charge on any atom is -0.395 e. The topological polar surface area (TPSA) is 60.9 Å². The van der Waals surface area contributed by atoms with Crippen molar-refractivity contribution in [3.63, 3.8) is 0 Å². The molecule has 0 aliphatic carbocycles. The fourth-order valence-corrected chi connectivity index (χ4v) is 7.82. The Labute approximate surface area is 219 Å². The Hall–Kier alpha value is -2.58. The molecular weight excluding hydrogens is 487 g/mol. The lowest BCUT2D eigenvalue weighted by atomic mass is 9.74. The molecule has 1 N–H and O–H groups in total. The average molecular weight is 523 g/mol. The van der Waals surface area contributed by atoms with Crippen LogP contribution in [0.5, 0.6) is 0 Å². The van der Waals surface area contributed by atoms with E-state index >= 15 is 0 Å². The summed E-state index contributed by atoms with van der Waals surface area (Å²) in [4.78, 5) is 2.65. The molecule has 5 rings (SSSR count). The van der Waals surface area contributed by atoms with E-state index in [9.17, 15) is 17.9 Å². The summed E-state index contributed by atoms with van der Waals surface area (Å²) < 4.78 is 42.9. The molecule has 2 heterocycles. The van der Waals surface area contributed by atoms with Gasteiger partial charge in [-0.3, -0.25) is 4.90 Å². The molecule has 0 amide bonds. The maximum Gasteiger partial charge on any atom is 0.243 e. The standard InChI is InChI=1S/C30H35FN2O3S/c1-20-8-4-5-9-29(20)37(35,36)32-16-6-7-17-33-27(18-32)30(28(33)19-34)24-12-10-23(11-13-24)25-14-15-26(31)22(3)21(25)2/h4-5,8-15,27-28,30,34H,6-7,16-19H2,1-3H3/t27?,28-,30+/m1/s1. The summed E-state index contributed by atoms with van der Waals surface area (Å²) in [5.74, 6) is -0.171. The first-order valence-electron chi connectivity index (χ1n) is 13.0. The molecule has 3 atom stereocenters. The lowest BCUT2D eigenvalue weighted by Crippen LogP contribution is -2.67. The molecule has 1 unspecified atom stereocenters. The third kappa shape index (κ3) is 4.63. The summed E-state index contributed by atoms with van der Waals surface area (Å²) in [7, 11) is -3.63. The number of nitrogens with zero attached hydrogens (tertiary/aromatic N) is 2. The minimum absolute atomic E-state index is 0.00287. The Morgan fingerprint density at radius 3 is 2.32 bits per heavy atom. The van der Waals surface area contributed by atoms with E-state index in [0.29, 0.717) is 23.5 Å². The number of benzene rings is 3. The predicted molar refractivity (Wildman–Crippen MR) is 145 cm³/mol. The minimum atomic E-state index is -3.63. The fraction of sp³-hybridized carbons (Fsp3) is 0.400. The van der Waals surface area contributed by atoms with Gasteiger partial charge < -0.3 is 5.11 Å². The molecule has 5 nitrogen and oxygen atoms in total. The first-order valence-corrected chi connectivity index (χ1v) is 14.5. The summed E-state index contributed by atoms with van der Waals surface area (Å²) in [6.07, 6.45) is 1.68. The Morgan fingerprint density at radius 2 is 1.62 bits per heavy atom. The summed E-state index contributed by atoms with van der Waals surface area (Å²) >= 11 is 0. The van der Waals surface area contributed by atoms with E-state index in [1.165, 1.54) is 6.07 Å². The number of aliphatic hydroxyl groups excluding tert-OH is 1. The maximum absolute atomic E-state index is 14.0. The van der Waals surface area contributed by atoms with E-state index in [1.807, 2.05) is 32.0 Å². The normalized spacial score (nSPS) is 23.1. The van der Waals surface area contributed by atoms with Crippen LogP contribution in [0.4, 0.5) is 4.39 Å². The number of aryl methyl sites for hydroxylation is 1. The second-order valence-corrected chi connectivity index (χ2v) is 12.3. The van der Waals surface area contributed by atoms with Gasteiger partial charge in [0.2, 0.25) is 10.0 Å². The van der Waals surface area contributed by atoms with Gasteiger partial charge in [-0.2, -0.15) is 4.31 Å². The van der Waals surface area contributed by atoms with Crippen LogP contribution >= 0.6 is 0 Å². The predicted octanol–water partition coefficient (Wildman–Crippen LogP) is 5.03. The number of aliphatic hydroxyl groups is 1. The molecule has 2 aliphatic rings. The van der Waals surface area contributed by atoms with Crippen LogP contribution in [0, 0.1) is 26.6 Å². The van der Waals surface area contributed by atoms with E-state index in [-0.39, 0.29) is 30.4 Å². The van der Waals surface area contributed by atoms with Crippen LogP contribution in [0.1, 0.15) is 41.0 Å². The quantitative estimate of drug-likeness (QED) is 0.511. The van der Waals surface area contributed by atoms with Crippen LogP contribution in [0.15, 0.2) is 65.6 Å². The third-order valence-electron chi connectivity index (χ3n) is 8.37. The van der Waals surface area contributed by atoms with E-state index in [2.05, 4.69) is 29.2 Å². The Morgan fingerprint density at radius 1 is 0.919 bits per heavy atom. The van der Waals surface area contributed by atoms with Gasteiger partial charge in [-0.05, 0) is 85.7 Å². The molecule has 2 aliphatic heterocycles. The van der Waals surface area contributed by atoms with Gasteiger partial charge in [0.05, 0.1) is 11.5 Å². The Bertz CT molecular complexity index is 1390. The Balaban J connectivity index is 1.44. The summed E-state index contributed by atoms with van der Waals surface area (Å²) in [5, 5.41) is 10.3. The first-order chi connectivity index (χ1) is 17.7. The van der Waals surface area contributed by atoms with Gasteiger partial charge in [-0.1, -0.05) is 48.5 Å². The second kappa shape index (κ2) is 10.3. The number of hydrogen-bond acceptors (Lipinski definition) is 4. The molecule has 0 radical (unpaired) electrons. The molecular formula is C30H35FN2O3S.